The Bertz CT molecular complexity index is 406. The van der Waals surface area contributed by atoms with E-state index in [1.54, 1.807) is 6.08 Å². The van der Waals surface area contributed by atoms with Gasteiger partial charge >= 0.3 is 0 Å². The van der Waals surface area contributed by atoms with Crippen molar-refractivity contribution in [3.63, 3.8) is 0 Å². The van der Waals surface area contributed by atoms with Gasteiger partial charge in [-0.15, -0.1) is 0 Å². The Balaban J connectivity index is 2.66. The molecule has 1 unspecified atom stereocenters. The summed E-state index contributed by atoms with van der Waals surface area (Å²) >= 11 is 0. The van der Waals surface area contributed by atoms with Crippen molar-refractivity contribution in [2.45, 2.75) is 19.9 Å². The highest BCUT2D eigenvalue weighted by Gasteiger charge is 2.13. The van der Waals surface area contributed by atoms with Crippen LogP contribution < -0.4 is 5.32 Å². The minimum absolute atomic E-state index is 0.0298. The average molecular weight is 246 g/mol. The van der Waals surface area contributed by atoms with Crippen molar-refractivity contribution in [1.82, 2.24) is 10.2 Å². The number of carbonyl (C=O) groups excluding carboxylic acids is 1. The van der Waals surface area contributed by atoms with Crippen LogP contribution in [0, 0.1) is 0 Å². The molecule has 0 aliphatic rings. The molecule has 0 heterocycles. The maximum absolute atomic E-state index is 11.6. The van der Waals surface area contributed by atoms with Crippen LogP contribution in [0.5, 0.6) is 0 Å². The van der Waals surface area contributed by atoms with Crippen molar-refractivity contribution in [3.8, 4) is 0 Å². The van der Waals surface area contributed by atoms with Crippen LogP contribution in [0.25, 0.3) is 0 Å². The predicted octanol–water partition coefficient (Wildman–Crippen LogP) is 2.37. The molecule has 1 aromatic rings. The number of carbonyl (C=O) groups is 1. The number of hydrogen-bond acceptors (Lipinski definition) is 2. The van der Waals surface area contributed by atoms with Crippen molar-refractivity contribution in [2.24, 2.45) is 0 Å². The molecular weight excluding hydrogens is 224 g/mol. The molecule has 0 fully saturated rings. The lowest BCUT2D eigenvalue weighted by atomic mass is 10.1. The van der Waals surface area contributed by atoms with E-state index >= 15 is 0 Å². The molecule has 1 aromatic carbocycles. The number of benzene rings is 1. The van der Waals surface area contributed by atoms with Crippen LogP contribution in [0.2, 0.25) is 0 Å². The van der Waals surface area contributed by atoms with E-state index in [4.69, 9.17) is 0 Å². The molecule has 1 atom stereocenters. The van der Waals surface area contributed by atoms with Gasteiger partial charge in [0, 0.05) is 12.6 Å². The first-order chi connectivity index (χ1) is 8.50. The highest BCUT2D eigenvalue weighted by Crippen LogP contribution is 2.16. The van der Waals surface area contributed by atoms with Gasteiger partial charge in [0.2, 0.25) is 5.91 Å². The first-order valence-electron chi connectivity index (χ1n) is 6.15. The van der Waals surface area contributed by atoms with Gasteiger partial charge in [0.1, 0.15) is 0 Å². The Labute approximate surface area is 109 Å². The van der Waals surface area contributed by atoms with E-state index in [1.165, 1.54) is 5.56 Å². The van der Waals surface area contributed by atoms with Crippen molar-refractivity contribution >= 4 is 5.91 Å². The molecule has 0 spiro atoms. The van der Waals surface area contributed by atoms with Gasteiger partial charge in [-0.3, -0.25) is 4.79 Å². The van der Waals surface area contributed by atoms with Crippen molar-refractivity contribution < 1.29 is 4.79 Å². The van der Waals surface area contributed by atoms with Crippen LogP contribution in [0.15, 0.2) is 42.0 Å². The molecule has 3 nitrogen and oxygen atoms in total. The molecular formula is C15H22N2O. The van der Waals surface area contributed by atoms with Crippen LogP contribution in [-0.2, 0) is 4.79 Å². The third kappa shape index (κ3) is 4.72. The highest BCUT2D eigenvalue weighted by atomic mass is 16.1. The fourth-order valence-electron chi connectivity index (χ4n) is 1.78. The van der Waals surface area contributed by atoms with Crippen LogP contribution in [0.1, 0.15) is 25.5 Å². The molecule has 1 rings (SSSR count). The molecule has 3 heteroatoms. The third-order valence-corrected chi connectivity index (χ3v) is 2.70. The molecule has 98 valence electrons. The van der Waals surface area contributed by atoms with Crippen LogP contribution in [0.3, 0.4) is 0 Å². The lowest BCUT2D eigenvalue weighted by molar-refractivity contribution is -0.116. The number of hydrogen-bond donors (Lipinski definition) is 1. The van der Waals surface area contributed by atoms with Gasteiger partial charge in [-0.05, 0) is 33.5 Å². The first kappa shape index (κ1) is 14.5. The Kier molecular flexibility index (Phi) is 5.59. The second-order valence-electron chi connectivity index (χ2n) is 4.86. The highest BCUT2D eigenvalue weighted by molar-refractivity contribution is 5.88. The summed E-state index contributed by atoms with van der Waals surface area (Å²) in [4.78, 5) is 13.7. The fraction of sp³-hybridized carbons (Fsp3) is 0.400. The van der Waals surface area contributed by atoms with Gasteiger partial charge < -0.3 is 10.2 Å². The summed E-state index contributed by atoms with van der Waals surface area (Å²) in [6.07, 6.45) is 1.62. The number of allylic oxidation sites excluding steroid dienone is 1. The third-order valence-electron chi connectivity index (χ3n) is 2.70. The molecule has 1 amide bonds. The standard InChI is InChI=1S/C15H22N2O/c1-12(2)10-15(18)16-11-14(17(3)4)13-8-6-5-7-9-13/h5-10,14H,11H2,1-4H3,(H,16,18). The fourth-order valence-corrected chi connectivity index (χ4v) is 1.78. The number of amides is 1. The molecule has 0 aromatic heterocycles. The molecule has 0 aliphatic heterocycles. The quantitative estimate of drug-likeness (QED) is 0.809. The average Bonchev–Trinajstić information content (AvgIpc) is 2.29. The molecule has 0 radical (unpaired) electrons. The van der Waals surface area contributed by atoms with E-state index in [2.05, 4.69) is 22.3 Å². The maximum atomic E-state index is 11.6. The zero-order valence-corrected chi connectivity index (χ0v) is 11.6. The molecule has 0 saturated carbocycles. The maximum Gasteiger partial charge on any atom is 0.243 e. The zero-order chi connectivity index (χ0) is 13.5. The summed E-state index contributed by atoms with van der Waals surface area (Å²) < 4.78 is 0. The van der Waals surface area contributed by atoms with Gasteiger partial charge in [-0.25, -0.2) is 0 Å². The Hall–Kier alpha value is -1.61. The van der Waals surface area contributed by atoms with E-state index < -0.39 is 0 Å². The predicted molar refractivity (Wildman–Crippen MR) is 75.3 cm³/mol. The van der Waals surface area contributed by atoms with E-state index in [9.17, 15) is 4.79 Å². The summed E-state index contributed by atoms with van der Waals surface area (Å²) in [6.45, 7) is 4.44. The van der Waals surface area contributed by atoms with Crippen molar-refractivity contribution in [1.29, 1.82) is 0 Å². The zero-order valence-electron chi connectivity index (χ0n) is 11.6. The Morgan fingerprint density at radius 1 is 1.28 bits per heavy atom. The van der Waals surface area contributed by atoms with Crippen LogP contribution >= 0.6 is 0 Å². The summed E-state index contributed by atoms with van der Waals surface area (Å²) in [5.41, 5.74) is 2.22. The summed E-state index contributed by atoms with van der Waals surface area (Å²) in [5.74, 6) is -0.0298. The lowest BCUT2D eigenvalue weighted by Gasteiger charge is -2.24. The SMILES string of the molecule is CC(C)=CC(=O)NCC(c1ccccc1)N(C)C. The van der Waals surface area contributed by atoms with Gasteiger partial charge in [-0.1, -0.05) is 35.9 Å². The minimum atomic E-state index is -0.0298. The summed E-state index contributed by atoms with van der Waals surface area (Å²) in [7, 11) is 4.04. The van der Waals surface area contributed by atoms with E-state index in [0.717, 1.165) is 5.57 Å². The van der Waals surface area contributed by atoms with Crippen molar-refractivity contribution in [3.05, 3.63) is 47.5 Å². The lowest BCUT2D eigenvalue weighted by Crippen LogP contribution is -2.33. The molecule has 0 saturated heterocycles. The van der Waals surface area contributed by atoms with Crippen LogP contribution in [0.4, 0.5) is 0 Å². The Morgan fingerprint density at radius 3 is 2.39 bits per heavy atom. The minimum Gasteiger partial charge on any atom is -0.351 e. The summed E-state index contributed by atoms with van der Waals surface area (Å²) in [6, 6.07) is 10.4. The van der Waals surface area contributed by atoms with E-state index in [1.807, 2.05) is 46.1 Å². The molecule has 0 aliphatic carbocycles. The van der Waals surface area contributed by atoms with Crippen LogP contribution in [-0.4, -0.2) is 31.4 Å². The van der Waals surface area contributed by atoms with Gasteiger partial charge in [0.25, 0.3) is 0 Å². The van der Waals surface area contributed by atoms with E-state index in [0.29, 0.717) is 6.54 Å². The largest absolute Gasteiger partial charge is 0.351 e. The number of nitrogens with zero attached hydrogens (tertiary/aromatic N) is 1. The van der Waals surface area contributed by atoms with Gasteiger partial charge in [0.05, 0.1) is 6.04 Å². The topological polar surface area (TPSA) is 32.3 Å². The Morgan fingerprint density at radius 2 is 1.89 bits per heavy atom. The molecule has 18 heavy (non-hydrogen) atoms. The number of rotatable bonds is 5. The molecule has 1 N–H and O–H groups in total. The molecule has 0 bridgehead atoms. The number of nitrogens with one attached hydrogen (secondary N) is 1. The second-order valence-corrected chi connectivity index (χ2v) is 4.86. The van der Waals surface area contributed by atoms with Gasteiger partial charge in [-0.2, -0.15) is 0 Å². The number of likely N-dealkylation sites (N-methyl/N-ethyl adjacent to an activating group) is 1. The normalized spacial score (nSPS) is 12.1. The van der Waals surface area contributed by atoms with E-state index in [-0.39, 0.29) is 11.9 Å². The smallest absolute Gasteiger partial charge is 0.243 e. The monoisotopic (exact) mass is 246 g/mol. The summed E-state index contributed by atoms with van der Waals surface area (Å²) in [5, 5.41) is 2.94. The first-order valence-corrected chi connectivity index (χ1v) is 6.15. The van der Waals surface area contributed by atoms with Gasteiger partial charge in [0.15, 0.2) is 0 Å². The van der Waals surface area contributed by atoms with Crippen molar-refractivity contribution in [2.75, 3.05) is 20.6 Å². The second kappa shape index (κ2) is 6.97.